The molecule has 1 aromatic heterocycles. The van der Waals surface area contributed by atoms with Gasteiger partial charge >= 0.3 is 0 Å². The Kier molecular flexibility index (Phi) is 6.74. The average molecular weight is 442 g/mol. The molecule has 1 aliphatic heterocycles. The normalized spacial score (nSPS) is 13.9. The van der Waals surface area contributed by atoms with Crippen LogP contribution in [0.2, 0.25) is 0 Å². The number of ether oxygens (including phenoxy) is 1. The van der Waals surface area contributed by atoms with Crippen LogP contribution in [0.1, 0.15) is 34.1 Å². The summed E-state index contributed by atoms with van der Waals surface area (Å²) in [6.45, 7) is 8.62. The number of hydrogen-bond donors (Lipinski definition) is 0. The summed E-state index contributed by atoms with van der Waals surface area (Å²) in [5, 5.41) is 2.06. The molecule has 0 radical (unpaired) electrons. The Morgan fingerprint density at radius 3 is 2.30 bits per heavy atom. The van der Waals surface area contributed by atoms with E-state index in [0.717, 1.165) is 11.1 Å². The van der Waals surface area contributed by atoms with Gasteiger partial charge in [0.05, 0.1) is 6.04 Å². The number of carbonyl (C=O) groups excluding carboxylic acids is 1. The second-order valence-corrected chi connectivity index (χ2v) is 7.82. The van der Waals surface area contributed by atoms with Gasteiger partial charge in [-0.25, -0.2) is 0 Å². The second-order valence-electron chi connectivity index (χ2n) is 7.82. The molecule has 1 unspecified atom stereocenters. The van der Waals surface area contributed by atoms with Crippen molar-refractivity contribution >= 4 is 5.91 Å². The number of benzene rings is 2. The molecule has 6 nitrogen and oxygen atoms in total. The van der Waals surface area contributed by atoms with Gasteiger partial charge < -0.3 is 9.64 Å². The van der Waals surface area contributed by atoms with E-state index in [9.17, 15) is 9.59 Å². The molecule has 0 bridgehead atoms. The van der Waals surface area contributed by atoms with Crippen LogP contribution in [0.25, 0.3) is 0 Å². The minimum Gasteiger partial charge on any atom is -0.482 e. The molecule has 0 saturated heterocycles. The van der Waals surface area contributed by atoms with Gasteiger partial charge in [-0.1, -0.05) is 72.8 Å². The van der Waals surface area contributed by atoms with E-state index in [0.29, 0.717) is 19.6 Å². The highest BCUT2D eigenvalue weighted by molar-refractivity contribution is 5.96. The lowest BCUT2D eigenvalue weighted by Crippen LogP contribution is -2.55. The third-order valence-electron chi connectivity index (χ3n) is 5.63. The summed E-state index contributed by atoms with van der Waals surface area (Å²) in [6, 6.07) is 21.0. The summed E-state index contributed by atoms with van der Waals surface area (Å²) in [7, 11) is 0. The van der Waals surface area contributed by atoms with Crippen molar-refractivity contribution in [2.45, 2.75) is 19.1 Å². The SMILES string of the molecule is C=CCC(c1ccccc1)N1CN(CC=C)C(=O)c2c(OCc3ccccc3)c(=O)ccn21. The monoisotopic (exact) mass is 441 g/mol. The first-order valence-corrected chi connectivity index (χ1v) is 10.9. The molecule has 1 amide bonds. The number of fused-ring (bicyclic) bond motifs is 1. The molecular formula is C27H27N3O3. The molecular weight excluding hydrogens is 414 g/mol. The Hall–Kier alpha value is -4.06. The summed E-state index contributed by atoms with van der Waals surface area (Å²) in [5.41, 5.74) is 1.89. The topological polar surface area (TPSA) is 54.8 Å². The lowest BCUT2D eigenvalue weighted by molar-refractivity contribution is 0.0694. The van der Waals surface area contributed by atoms with Crippen molar-refractivity contribution < 1.29 is 9.53 Å². The van der Waals surface area contributed by atoms with Crippen LogP contribution >= 0.6 is 0 Å². The van der Waals surface area contributed by atoms with Crippen molar-refractivity contribution in [1.29, 1.82) is 0 Å². The van der Waals surface area contributed by atoms with Crippen molar-refractivity contribution in [2.75, 3.05) is 18.2 Å². The van der Waals surface area contributed by atoms with Gasteiger partial charge in [-0.15, -0.1) is 13.2 Å². The van der Waals surface area contributed by atoms with Crippen LogP contribution in [0.5, 0.6) is 5.75 Å². The Labute approximate surface area is 193 Å². The lowest BCUT2D eigenvalue weighted by Gasteiger charge is -2.43. The number of hydrogen-bond acceptors (Lipinski definition) is 4. The molecule has 1 aliphatic rings. The smallest absolute Gasteiger partial charge is 0.278 e. The maximum Gasteiger partial charge on any atom is 0.278 e. The van der Waals surface area contributed by atoms with Gasteiger partial charge in [0, 0.05) is 18.8 Å². The maximum absolute atomic E-state index is 13.4. The first-order chi connectivity index (χ1) is 16.1. The second kappa shape index (κ2) is 10.0. The fraction of sp³-hybridized carbons (Fsp3) is 0.185. The van der Waals surface area contributed by atoms with E-state index in [4.69, 9.17) is 4.74 Å². The van der Waals surface area contributed by atoms with Crippen LogP contribution in [0, 0.1) is 0 Å². The van der Waals surface area contributed by atoms with Crippen LogP contribution in [-0.4, -0.2) is 28.7 Å². The number of nitrogens with zero attached hydrogens (tertiary/aromatic N) is 3. The Bertz CT molecular complexity index is 1190. The summed E-state index contributed by atoms with van der Waals surface area (Å²) >= 11 is 0. The zero-order valence-electron chi connectivity index (χ0n) is 18.5. The third kappa shape index (κ3) is 4.60. The first kappa shape index (κ1) is 22.1. The summed E-state index contributed by atoms with van der Waals surface area (Å²) in [4.78, 5) is 27.9. The zero-order chi connectivity index (χ0) is 23.2. The molecule has 2 heterocycles. The van der Waals surface area contributed by atoms with Crippen LogP contribution in [-0.2, 0) is 6.61 Å². The summed E-state index contributed by atoms with van der Waals surface area (Å²) in [6.07, 6.45) is 5.85. The molecule has 0 saturated carbocycles. The molecule has 2 aromatic carbocycles. The van der Waals surface area contributed by atoms with Crippen molar-refractivity contribution in [1.82, 2.24) is 9.58 Å². The molecule has 3 aromatic rings. The predicted molar refractivity (Wildman–Crippen MR) is 130 cm³/mol. The van der Waals surface area contributed by atoms with Gasteiger partial charge in [0.1, 0.15) is 13.3 Å². The first-order valence-electron chi connectivity index (χ1n) is 10.9. The van der Waals surface area contributed by atoms with Crippen molar-refractivity contribution in [3.05, 3.63) is 125 Å². The third-order valence-corrected chi connectivity index (χ3v) is 5.63. The number of rotatable bonds is 9. The van der Waals surface area contributed by atoms with E-state index < -0.39 is 0 Å². The number of aromatic nitrogens is 1. The fourth-order valence-corrected chi connectivity index (χ4v) is 4.05. The average Bonchev–Trinajstić information content (AvgIpc) is 2.85. The highest BCUT2D eigenvalue weighted by atomic mass is 16.5. The molecule has 1 atom stereocenters. The molecule has 0 N–H and O–H groups in total. The van der Waals surface area contributed by atoms with Crippen LogP contribution < -0.4 is 15.2 Å². The van der Waals surface area contributed by atoms with Gasteiger partial charge in [0.2, 0.25) is 5.43 Å². The van der Waals surface area contributed by atoms with E-state index in [1.807, 2.05) is 54.6 Å². The maximum atomic E-state index is 13.4. The zero-order valence-corrected chi connectivity index (χ0v) is 18.5. The van der Waals surface area contributed by atoms with Crippen molar-refractivity contribution in [2.24, 2.45) is 0 Å². The van der Waals surface area contributed by atoms with Crippen molar-refractivity contribution in [3.8, 4) is 5.75 Å². The Balaban J connectivity index is 1.81. The van der Waals surface area contributed by atoms with Crippen LogP contribution in [0.15, 0.2) is 103 Å². The van der Waals surface area contributed by atoms with Gasteiger partial charge in [-0.2, -0.15) is 0 Å². The highest BCUT2D eigenvalue weighted by Gasteiger charge is 2.35. The minimum absolute atomic E-state index is 0.0514. The van der Waals surface area contributed by atoms with Crippen LogP contribution in [0.4, 0.5) is 0 Å². The van der Waals surface area contributed by atoms with E-state index >= 15 is 0 Å². The standard InChI is InChI=1S/C27H27N3O3/c1-3-11-23(22-14-9-6-10-15-22)30-20-28(17-4-2)27(32)25-26(24(31)16-18-29(25)30)33-19-21-12-7-5-8-13-21/h3-10,12-16,18,23H,1-2,11,17,19-20H2. The molecule has 4 rings (SSSR count). The molecule has 0 aliphatic carbocycles. The largest absolute Gasteiger partial charge is 0.482 e. The quantitative estimate of drug-likeness (QED) is 0.465. The van der Waals surface area contributed by atoms with Crippen molar-refractivity contribution in [3.63, 3.8) is 0 Å². The van der Waals surface area contributed by atoms with E-state index in [1.54, 1.807) is 21.8 Å². The minimum atomic E-state index is -0.328. The summed E-state index contributed by atoms with van der Waals surface area (Å²) < 4.78 is 7.71. The fourth-order valence-electron chi connectivity index (χ4n) is 4.05. The molecule has 0 spiro atoms. The summed E-state index contributed by atoms with van der Waals surface area (Å²) in [5.74, 6) is -0.215. The Morgan fingerprint density at radius 1 is 0.939 bits per heavy atom. The van der Waals surface area contributed by atoms with Gasteiger partial charge in [-0.05, 0) is 17.5 Å². The number of carbonyl (C=O) groups is 1. The van der Waals surface area contributed by atoms with E-state index in [2.05, 4.69) is 30.3 Å². The number of pyridine rings is 1. The van der Waals surface area contributed by atoms with Gasteiger partial charge in [0.15, 0.2) is 11.4 Å². The predicted octanol–water partition coefficient (Wildman–Crippen LogP) is 4.28. The number of amides is 1. The van der Waals surface area contributed by atoms with E-state index in [1.165, 1.54) is 6.07 Å². The van der Waals surface area contributed by atoms with Crippen LogP contribution in [0.3, 0.4) is 0 Å². The molecule has 33 heavy (non-hydrogen) atoms. The lowest BCUT2D eigenvalue weighted by atomic mass is 10.0. The Morgan fingerprint density at radius 2 is 1.64 bits per heavy atom. The van der Waals surface area contributed by atoms with Gasteiger partial charge in [0.25, 0.3) is 5.91 Å². The van der Waals surface area contributed by atoms with Gasteiger partial charge in [-0.3, -0.25) is 19.3 Å². The highest BCUT2D eigenvalue weighted by Crippen LogP contribution is 2.30. The molecule has 6 heteroatoms. The molecule has 0 fully saturated rings. The molecule has 168 valence electrons. The van der Waals surface area contributed by atoms with E-state index in [-0.39, 0.29) is 35.4 Å².